The van der Waals surface area contributed by atoms with Gasteiger partial charge < -0.3 is 15.2 Å². The van der Waals surface area contributed by atoms with Gasteiger partial charge in [-0.2, -0.15) is 0 Å². The lowest BCUT2D eigenvalue weighted by molar-refractivity contribution is -0.118. The standard InChI is InChI=1S/C14H21NO3/c1-9(2)11(8-14(15)16)10-5-6-12(17-3)13(7-10)18-4/h5-7,9,11H,8H2,1-4H3,(H2,15,16). The van der Waals surface area contributed by atoms with E-state index in [1.807, 2.05) is 18.2 Å². The van der Waals surface area contributed by atoms with Crippen LogP contribution in [0.2, 0.25) is 0 Å². The molecule has 0 saturated carbocycles. The van der Waals surface area contributed by atoms with Crippen LogP contribution in [-0.4, -0.2) is 20.1 Å². The molecular formula is C14H21NO3. The summed E-state index contributed by atoms with van der Waals surface area (Å²) in [6.45, 7) is 4.15. The van der Waals surface area contributed by atoms with Gasteiger partial charge in [0.2, 0.25) is 5.91 Å². The number of rotatable bonds is 6. The molecule has 18 heavy (non-hydrogen) atoms. The Morgan fingerprint density at radius 1 is 1.22 bits per heavy atom. The number of nitrogens with two attached hydrogens (primary N) is 1. The molecule has 0 spiro atoms. The van der Waals surface area contributed by atoms with Crippen LogP contribution < -0.4 is 15.2 Å². The fourth-order valence-corrected chi connectivity index (χ4v) is 2.04. The highest BCUT2D eigenvalue weighted by Crippen LogP contribution is 2.34. The maximum atomic E-state index is 11.1. The van der Waals surface area contributed by atoms with Crippen LogP contribution in [0.4, 0.5) is 0 Å². The van der Waals surface area contributed by atoms with Crippen LogP contribution in [0.15, 0.2) is 18.2 Å². The van der Waals surface area contributed by atoms with E-state index in [0.717, 1.165) is 5.56 Å². The monoisotopic (exact) mass is 251 g/mol. The molecule has 1 aromatic carbocycles. The highest BCUT2D eigenvalue weighted by molar-refractivity contribution is 5.74. The molecule has 0 aromatic heterocycles. The predicted octanol–water partition coefficient (Wildman–Crippen LogP) is 2.32. The molecule has 2 N–H and O–H groups in total. The fourth-order valence-electron chi connectivity index (χ4n) is 2.04. The van der Waals surface area contributed by atoms with Crippen molar-refractivity contribution < 1.29 is 14.3 Å². The zero-order valence-corrected chi connectivity index (χ0v) is 11.4. The van der Waals surface area contributed by atoms with Crippen LogP contribution in [0.1, 0.15) is 31.7 Å². The van der Waals surface area contributed by atoms with Gasteiger partial charge in [0.25, 0.3) is 0 Å². The summed E-state index contributed by atoms with van der Waals surface area (Å²) in [6.07, 6.45) is 0.340. The average Bonchev–Trinajstić information content (AvgIpc) is 2.34. The number of amides is 1. The van der Waals surface area contributed by atoms with Gasteiger partial charge in [-0.1, -0.05) is 19.9 Å². The summed E-state index contributed by atoms with van der Waals surface area (Å²) in [6, 6.07) is 5.71. The summed E-state index contributed by atoms with van der Waals surface area (Å²) in [5.74, 6) is 1.49. The highest BCUT2D eigenvalue weighted by Gasteiger charge is 2.19. The quantitative estimate of drug-likeness (QED) is 0.844. The average molecular weight is 251 g/mol. The molecular weight excluding hydrogens is 230 g/mol. The molecule has 1 amide bonds. The van der Waals surface area contributed by atoms with Crippen molar-refractivity contribution in [3.8, 4) is 11.5 Å². The normalized spacial score (nSPS) is 12.3. The predicted molar refractivity (Wildman–Crippen MR) is 70.9 cm³/mol. The molecule has 0 aliphatic rings. The first kappa shape index (κ1) is 14.4. The second-order valence-electron chi connectivity index (χ2n) is 4.64. The van der Waals surface area contributed by atoms with Crippen molar-refractivity contribution in [2.24, 2.45) is 11.7 Å². The molecule has 0 saturated heterocycles. The Labute approximate surface area is 108 Å². The topological polar surface area (TPSA) is 61.5 Å². The van der Waals surface area contributed by atoms with E-state index in [0.29, 0.717) is 23.8 Å². The van der Waals surface area contributed by atoms with Crippen molar-refractivity contribution in [2.75, 3.05) is 14.2 Å². The summed E-state index contributed by atoms with van der Waals surface area (Å²) in [5.41, 5.74) is 6.34. The van der Waals surface area contributed by atoms with E-state index in [1.54, 1.807) is 14.2 Å². The number of hydrogen-bond donors (Lipinski definition) is 1. The molecule has 100 valence electrons. The van der Waals surface area contributed by atoms with Gasteiger partial charge >= 0.3 is 0 Å². The van der Waals surface area contributed by atoms with Gasteiger partial charge in [-0.15, -0.1) is 0 Å². The summed E-state index contributed by atoms with van der Waals surface area (Å²) in [7, 11) is 3.20. The van der Waals surface area contributed by atoms with Gasteiger partial charge in [-0.3, -0.25) is 4.79 Å². The second kappa shape index (κ2) is 6.28. The van der Waals surface area contributed by atoms with Gasteiger partial charge in [0.05, 0.1) is 14.2 Å². The number of carbonyl (C=O) groups is 1. The van der Waals surface area contributed by atoms with Gasteiger partial charge in [-0.25, -0.2) is 0 Å². The molecule has 0 heterocycles. The van der Waals surface area contributed by atoms with Crippen molar-refractivity contribution in [1.29, 1.82) is 0 Å². The lowest BCUT2D eigenvalue weighted by Gasteiger charge is -2.21. The molecule has 4 heteroatoms. The first-order valence-corrected chi connectivity index (χ1v) is 5.99. The van der Waals surface area contributed by atoms with Gasteiger partial charge in [-0.05, 0) is 29.5 Å². The molecule has 0 aliphatic carbocycles. The zero-order chi connectivity index (χ0) is 13.7. The number of methoxy groups -OCH3 is 2. The highest BCUT2D eigenvalue weighted by atomic mass is 16.5. The van der Waals surface area contributed by atoms with Crippen molar-refractivity contribution in [2.45, 2.75) is 26.2 Å². The largest absolute Gasteiger partial charge is 0.493 e. The summed E-state index contributed by atoms with van der Waals surface area (Å²) in [4.78, 5) is 11.1. The van der Waals surface area contributed by atoms with E-state index in [1.165, 1.54) is 0 Å². The third kappa shape index (κ3) is 3.39. The van der Waals surface area contributed by atoms with E-state index in [2.05, 4.69) is 13.8 Å². The lowest BCUT2D eigenvalue weighted by atomic mass is 9.85. The molecule has 0 bridgehead atoms. The SMILES string of the molecule is COc1ccc(C(CC(N)=O)C(C)C)cc1OC. The van der Waals surface area contributed by atoms with Crippen LogP contribution in [0.25, 0.3) is 0 Å². The Bertz CT molecular complexity index is 416. The lowest BCUT2D eigenvalue weighted by Crippen LogP contribution is -2.18. The maximum Gasteiger partial charge on any atom is 0.218 e. The maximum absolute atomic E-state index is 11.1. The summed E-state index contributed by atoms with van der Waals surface area (Å²) >= 11 is 0. The Hall–Kier alpha value is -1.71. The van der Waals surface area contributed by atoms with Crippen molar-refractivity contribution in [1.82, 2.24) is 0 Å². The molecule has 0 fully saturated rings. The van der Waals surface area contributed by atoms with Gasteiger partial charge in [0, 0.05) is 6.42 Å². The first-order valence-electron chi connectivity index (χ1n) is 5.99. The van der Waals surface area contributed by atoms with E-state index >= 15 is 0 Å². The Kier molecular flexibility index (Phi) is 5.01. The third-order valence-corrected chi connectivity index (χ3v) is 3.06. The van der Waals surface area contributed by atoms with Crippen molar-refractivity contribution >= 4 is 5.91 Å². The minimum absolute atomic E-state index is 0.0994. The Balaban J connectivity index is 3.09. The number of primary amides is 1. The molecule has 0 aliphatic heterocycles. The molecule has 1 aromatic rings. The summed E-state index contributed by atoms with van der Waals surface area (Å²) in [5, 5.41) is 0. The van der Waals surface area contributed by atoms with Crippen LogP contribution in [-0.2, 0) is 4.79 Å². The van der Waals surface area contributed by atoms with Crippen molar-refractivity contribution in [3.05, 3.63) is 23.8 Å². The molecule has 1 rings (SSSR count). The molecule has 4 nitrogen and oxygen atoms in total. The third-order valence-electron chi connectivity index (χ3n) is 3.06. The second-order valence-corrected chi connectivity index (χ2v) is 4.64. The van der Waals surface area contributed by atoms with Crippen LogP contribution >= 0.6 is 0 Å². The molecule has 0 radical (unpaired) electrons. The molecule has 1 atom stereocenters. The Morgan fingerprint density at radius 3 is 2.28 bits per heavy atom. The first-order chi connectivity index (χ1) is 8.49. The van der Waals surface area contributed by atoms with Gasteiger partial charge in [0.15, 0.2) is 11.5 Å². The number of hydrogen-bond acceptors (Lipinski definition) is 3. The number of benzene rings is 1. The smallest absolute Gasteiger partial charge is 0.218 e. The van der Waals surface area contributed by atoms with E-state index in [4.69, 9.17) is 15.2 Å². The number of carbonyl (C=O) groups excluding carboxylic acids is 1. The minimum atomic E-state index is -0.288. The van der Waals surface area contributed by atoms with E-state index < -0.39 is 0 Å². The van der Waals surface area contributed by atoms with Crippen LogP contribution in [0.5, 0.6) is 11.5 Å². The van der Waals surface area contributed by atoms with E-state index in [9.17, 15) is 4.79 Å². The summed E-state index contributed by atoms with van der Waals surface area (Å²) < 4.78 is 10.5. The Morgan fingerprint density at radius 2 is 1.83 bits per heavy atom. The fraction of sp³-hybridized carbons (Fsp3) is 0.500. The number of ether oxygens (including phenoxy) is 2. The zero-order valence-electron chi connectivity index (χ0n) is 11.4. The van der Waals surface area contributed by atoms with Gasteiger partial charge in [0.1, 0.15) is 0 Å². The van der Waals surface area contributed by atoms with E-state index in [-0.39, 0.29) is 11.8 Å². The van der Waals surface area contributed by atoms with Crippen LogP contribution in [0, 0.1) is 5.92 Å². The van der Waals surface area contributed by atoms with Crippen molar-refractivity contribution in [3.63, 3.8) is 0 Å². The minimum Gasteiger partial charge on any atom is -0.493 e. The molecule has 1 unspecified atom stereocenters. The van der Waals surface area contributed by atoms with Crippen LogP contribution in [0.3, 0.4) is 0 Å².